The molecule has 4 unspecified atom stereocenters. The number of hydrogen-bond donors (Lipinski definition) is 3. The number of halogens is 1. The van der Waals surface area contributed by atoms with Crippen molar-refractivity contribution in [2.24, 2.45) is 11.8 Å². The molecule has 0 aromatic heterocycles. The third-order valence-electron chi connectivity index (χ3n) is 7.64. The van der Waals surface area contributed by atoms with Gasteiger partial charge in [-0.1, -0.05) is 53.6 Å². The number of carboxylic acid groups (broad SMARTS) is 1. The number of fused-ring (bicyclic) bond motifs is 1. The van der Waals surface area contributed by atoms with Crippen LogP contribution in [-0.4, -0.2) is 33.5 Å². The van der Waals surface area contributed by atoms with Crippen molar-refractivity contribution < 1.29 is 24.6 Å². The standard InChI is InChI=1S/C29H27ClN2O5/c1-15-4-5-16(2)21(12-15)25-23-24(27(35)32(26(23)34)19-9-6-17(3)22(30)13-19)29(31-25,28(36)37)14-18-7-10-20(33)11-8-18/h4-13,23-25,31,33H,14H2,1-3H3,(H,36,37). The number of nitrogens with one attached hydrogen (secondary N) is 1. The van der Waals surface area contributed by atoms with Crippen molar-refractivity contribution in [2.45, 2.75) is 38.8 Å². The first-order valence-corrected chi connectivity index (χ1v) is 12.4. The number of carbonyl (C=O) groups excluding carboxylic acids is 2. The number of imide groups is 1. The second-order valence-electron chi connectivity index (χ2n) is 10.1. The number of phenolic OH excluding ortho intramolecular Hbond substituents is 1. The van der Waals surface area contributed by atoms with Crippen LogP contribution in [0.25, 0.3) is 0 Å². The summed E-state index contributed by atoms with van der Waals surface area (Å²) in [6, 6.07) is 16.3. The van der Waals surface area contributed by atoms with Gasteiger partial charge in [0, 0.05) is 17.5 Å². The van der Waals surface area contributed by atoms with E-state index in [2.05, 4.69) is 5.32 Å². The van der Waals surface area contributed by atoms with Crippen LogP contribution < -0.4 is 10.2 Å². The summed E-state index contributed by atoms with van der Waals surface area (Å²) in [7, 11) is 0. The van der Waals surface area contributed by atoms with E-state index in [0.717, 1.165) is 27.2 Å². The molecule has 2 aliphatic rings. The highest BCUT2D eigenvalue weighted by atomic mass is 35.5. The highest BCUT2D eigenvalue weighted by Crippen LogP contribution is 2.51. The van der Waals surface area contributed by atoms with Crippen molar-refractivity contribution >= 4 is 35.1 Å². The van der Waals surface area contributed by atoms with E-state index in [9.17, 15) is 24.6 Å². The lowest BCUT2D eigenvalue weighted by Crippen LogP contribution is -2.57. The molecule has 7 nitrogen and oxygen atoms in total. The molecule has 0 radical (unpaired) electrons. The van der Waals surface area contributed by atoms with Gasteiger partial charge in [0.1, 0.15) is 11.3 Å². The van der Waals surface area contributed by atoms with Crippen molar-refractivity contribution in [1.29, 1.82) is 0 Å². The Morgan fingerprint density at radius 2 is 1.65 bits per heavy atom. The summed E-state index contributed by atoms with van der Waals surface area (Å²) in [6.07, 6.45) is -0.0490. The van der Waals surface area contributed by atoms with Crippen LogP contribution in [0, 0.1) is 32.6 Å². The van der Waals surface area contributed by atoms with Crippen molar-refractivity contribution in [1.82, 2.24) is 5.32 Å². The number of rotatable bonds is 5. The molecule has 0 bridgehead atoms. The van der Waals surface area contributed by atoms with Crippen molar-refractivity contribution in [3.05, 3.63) is 93.5 Å². The summed E-state index contributed by atoms with van der Waals surface area (Å²) < 4.78 is 0. The van der Waals surface area contributed by atoms with E-state index < -0.39 is 41.2 Å². The zero-order valence-electron chi connectivity index (χ0n) is 20.7. The van der Waals surface area contributed by atoms with E-state index in [4.69, 9.17) is 11.6 Å². The van der Waals surface area contributed by atoms with Gasteiger partial charge in [-0.3, -0.25) is 19.7 Å². The molecule has 5 rings (SSSR count). The highest BCUT2D eigenvalue weighted by Gasteiger charge is 2.68. The Morgan fingerprint density at radius 1 is 0.973 bits per heavy atom. The van der Waals surface area contributed by atoms with Gasteiger partial charge in [0.05, 0.1) is 17.5 Å². The molecule has 2 aliphatic heterocycles. The number of benzene rings is 3. The van der Waals surface area contributed by atoms with E-state index >= 15 is 0 Å². The van der Waals surface area contributed by atoms with Gasteiger partial charge in [-0.25, -0.2) is 4.90 Å². The fourth-order valence-electron chi connectivity index (χ4n) is 5.71. The maximum Gasteiger partial charge on any atom is 0.325 e. The molecule has 2 amide bonds. The molecule has 2 fully saturated rings. The number of aromatic hydroxyl groups is 1. The second kappa shape index (κ2) is 9.01. The number of amides is 2. The van der Waals surface area contributed by atoms with Crippen molar-refractivity contribution in [3.63, 3.8) is 0 Å². The van der Waals surface area contributed by atoms with Gasteiger partial charge >= 0.3 is 5.97 Å². The Bertz CT molecular complexity index is 1440. The van der Waals surface area contributed by atoms with Gasteiger partial charge in [0.2, 0.25) is 11.8 Å². The lowest BCUT2D eigenvalue weighted by molar-refractivity contribution is -0.148. The summed E-state index contributed by atoms with van der Waals surface area (Å²) in [6.45, 7) is 5.66. The second-order valence-corrected chi connectivity index (χ2v) is 10.5. The maximum atomic E-state index is 14.0. The van der Waals surface area contributed by atoms with Gasteiger partial charge in [-0.2, -0.15) is 0 Å². The average Bonchev–Trinajstić information content (AvgIpc) is 3.33. The lowest BCUT2D eigenvalue weighted by atomic mass is 9.76. The van der Waals surface area contributed by atoms with Gasteiger partial charge in [-0.15, -0.1) is 0 Å². The Labute approximate surface area is 219 Å². The number of hydrogen-bond acceptors (Lipinski definition) is 5. The van der Waals surface area contributed by atoms with E-state index in [0.29, 0.717) is 16.3 Å². The number of carbonyl (C=O) groups is 3. The third-order valence-corrected chi connectivity index (χ3v) is 8.05. The first kappa shape index (κ1) is 25.0. The van der Waals surface area contributed by atoms with E-state index in [1.165, 1.54) is 12.1 Å². The molecule has 0 saturated carbocycles. The van der Waals surface area contributed by atoms with Crippen molar-refractivity contribution in [3.8, 4) is 5.75 Å². The van der Waals surface area contributed by atoms with Crippen LogP contribution in [0.3, 0.4) is 0 Å². The SMILES string of the molecule is Cc1ccc(C)c(C2NC(Cc3ccc(O)cc3)(C(=O)O)C3C(=O)N(c4ccc(C)c(Cl)c4)C(=O)C23)c1. The number of carboxylic acids is 1. The topological polar surface area (TPSA) is 107 Å². The van der Waals surface area contributed by atoms with E-state index in [-0.39, 0.29) is 12.2 Å². The minimum Gasteiger partial charge on any atom is -0.508 e. The largest absolute Gasteiger partial charge is 0.508 e. The van der Waals surface area contributed by atoms with Crippen LogP contribution in [0.4, 0.5) is 5.69 Å². The number of nitrogens with zero attached hydrogens (tertiary/aromatic N) is 1. The average molecular weight is 519 g/mol. The van der Waals surface area contributed by atoms with Crippen LogP contribution in [-0.2, 0) is 20.8 Å². The molecular formula is C29H27ClN2O5. The fourth-order valence-corrected chi connectivity index (χ4v) is 5.89. The highest BCUT2D eigenvalue weighted by molar-refractivity contribution is 6.32. The monoisotopic (exact) mass is 518 g/mol. The summed E-state index contributed by atoms with van der Waals surface area (Å²) in [5.41, 5.74) is 2.63. The number of aliphatic carboxylic acids is 1. The van der Waals surface area contributed by atoms with E-state index in [1.54, 1.807) is 30.3 Å². The van der Waals surface area contributed by atoms with Crippen LogP contribution in [0.1, 0.15) is 33.9 Å². The molecule has 3 aromatic carbocycles. The number of anilines is 1. The molecule has 2 saturated heterocycles. The zero-order chi connectivity index (χ0) is 26.6. The quantitative estimate of drug-likeness (QED) is 0.430. The molecule has 2 heterocycles. The molecule has 8 heteroatoms. The predicted octanol–water partition coefficient (Wildman–Crippen LogP) is 4.49. The summed E-state index contributed by atoms with van der Waals surface area (Å²) in [4.78, 5) is 42.1. The minimum absolute atomic E-state index is 0.0490. The van der Waals surface area contributed by atoms with Crippen LogP contribution in [0.2, 0.25) is 5.02 Å². The molecule has 190 valence electrons. The van der Waals surface area contributed by atoms with Gasteiger partial charge in [0.25, 0.3) is 0 Å². The predicted molar refractivity (Wildman–Crippen MR) is 140 cm³/mol. The van der Waals surface area contributed by atoms with E-state index in [1.807, 2.05) is 39.0 Å². The maximum absolute atomic E-state index is 14.0. The van der Waals surface area contributed by atoms with Gasteiger partial charge in [-0.05, 0) is 67.3 Å². The Kier molecular flexibility index (Phi) is 6.09. The Hall–Kier alpha value is -3.68. The minimum atomic E-state index is -1.75. The summed E-state index contributed by atoms with van der Waals surface area (Å²) >= 11 is 6.32. The smallest absolute Gasteiger partial charge is 0.325 e. The molecule has 3 aromatic rings. The van der Waals surface area contributed by atoms with Crippen LogP contribution in [0.5, 0.6) is 5.75 Å². The molecule has 37 heavy (non-hydrogen) atoms. The zero-order valence-corrected chi connectivity index (χ0v) is 21.4. The van der Waals surface area contributed by atoms with Crippen LogP contribution in [0.15, 0.2) is 60.7 Å². The normalized spacial score (nSPS) is 25.0. The molecule has 3 N–H and O–H groups in total. The molecular weight excluding hydrogens is 492 g/mol. The summed E-state index contributed by atoms with van der Waals surface area (Å²) in [5, 5.41) is 24.0. The lowest BCUT2D eigenvalue weighted by Gasteiger charge is -2.31. The third kappa shape index (κ3) is 3.99. The molecule has 0 spiro atoms. The molecule has 0 aliphatic carbocycles. The number of phenols is 1. The van der Waals surface area contributed by atoms with Crippen molar-refractivity contribution in [2.75, 3.05) is 4.90 Å². The molecule has 4 atom stereocenters. The summed E-state index contributed by atoms with van der Waals surface area (Å²) in [5.74, 6) is -4.28. The first-order chi connectivity index (χ1) is 17.5. The number of aryl methyl sites for hydroxylation is 3. The van der Waals surface area contributed by atoms with Crippen LogP contribution >= 0.6 is 11.6 Å². The Morgan fingerprint density at radius 3 is 2.30 bits per heavy atom. The first-order valence-electron chi connectivity index (χ1n) is 12.0. The fraction of sp³-hybridized carbons (Fsp3) is 0.276. The Balaban J connectivity index is 1.68. The van der Waals surface area contributed by atoms with Gasteiger partial charge < -0.3 is 10.2 Å². The van der Waals surface area contributed by atoms with Gasteiger partial charge in [0.15, 0.2) is 0 Å².